The molecule has 0 aliphatic carbocycles. The molecule has 1 amide bonds. The minimum atomic E-state index is -0.0613. The molecule has 84 valence electrons. The topological polar surface area (TPSA) is 52.9 Å². The highest BCUT2D eigenvalue weighted by Gasteiger charge is 2.08. The summed E-state index contributed by atoms with van der Waals surface area (Å²) in [6, 6.07) is 7.26. The molecule has 0 fully saturated rings. The number of nitrogens with zero attached hydrogens (tertiary/aromatic N) is 1. The summed E-state index contributed by atoms with van der Waals surface area (Å²) in [5.41, 5.74) is 1.03. The fourth-order valence-corrected chi connectivity index (χ4v) is 1.65. The number of nitrogens with one attached hydrogen (secondary N) is 1. The van der Waals surface area contributed by atoms with Gasteiger partial charge in [-0.15, -0.1) is 0 Å². The Hall–Kier alpha value is -1.34. The van der Waals surface area contributed by atoms with Crippen molar-refractivity contribution in [3.8, 4) is 6.07 Å². The van der Waals surface area contributed by atoms with Gasteiger partial charge in [-0.25, -0.2) is 0 Å². The van der Waals surface area contributed by atoms with Gasteiger partial charge in [0, 0.05) is 10.9 Å². The smallest absolute Gasteiger partial charge is 0.224 e. The zero-order chi connectivity index (χ0) is 12.1. The van der Waals surface area contributed by atoms with E-state index in [1.54, 1.807) is 18.2 Å². The summed E-state index contributed by atoms with van der Waals surface area (Å²) in [4.78, 5) is 11.5. The Kier molecular flexibility index (Phi) is 4.51. The summed E-state index contributed by atoms with van der Waals surface area (Å²) < 4.78 is 0.825. The Morgan fingerprint density at radius 1 is 1.56 bits per heavy atom. The molecule has 0 aromatic heterocycles. The Morgan fingerprint density at radius 2 is 2.25 bits per heavy atom. The Labute approximate surface area is 104 Å². The van der Waals surface area contributed by atoms with E-state index in [4.69, 9.17) is 5.26 Å². The summed E-state index contributed by atoms with van der Waals surface area (Å²) in [6.45, 7) is 3.96. The highest BCUT2D eigenvalue weighted by Crippen LogP contribution is 2.20. The standard InChI is InChI=1S/C12H13BrN2O/c1-8(2)5-12(16)15-11-4-3-10(13)6-9(11)7-14/h3-4,6,8H,5H2,1-2H3,(H,15,16). The number of hydrogen-bond donors (Lipinski definition) is 1. The molecule has 16 heavy (non-hydrogen) atoms. The largest absolute Gasteiger partial charge is 0.325 e. The lowest BCUT2D eigenvalue weighted by Gasteiger charge is -2.08. The fourth-order valence-electron chi connectivity index (χ4n) is 1.29. The van der Waals surface area contributed by atoms with Gasteiger partial charge in [0.05, 0.1) is 11.3 Å². The summed E-state index contributed by atoms with van der Waals surface area (Å²) in [6.07, 6.45) is 0.459. The van der Waals surface area contributed by atoms with Crippen LogP contribution in [0.3, 0.4) is 0 Å². The third-order valence-electron chi connectivity index (χ3n) is 1.97. The lowest BCUT2D eigenvalue weighted by Crippen LogP contribution is -2.14. The van der Waals surface area contributed by atoms with Crippen molar-refractivity contribution in [3.05, 3.63) is 28.2 Å². The van der Waals surface area contributed by atoms with Crippen LogP contribution in [0.5, 0.6) is 0 Å². The van der Waals surface area contributed by atoms with Crippen LogP contribution in [0.2, 0.25) is 0 Å². The van der Waals surface area contributed by atoms with Gasteiger partial charge in [0.15, 0.2) is 0 Å². The van der Waals surface area contributed by atoms with E-state index in [0.29, 0.717) is 23.6 Å². The lowest BCUT2D eigenvalue weighted by molar-refractivity contribution is -0.116. The highest BCUT2D eigenvalue weighted by molar-refractivity contribution is 9.10. The molecule has 0 unspecified atom stereocenters. The Bertz CT molecular complexity index is 435. The van der Waals surface area contributed by atoms with E-state index in [2.05, 4.69) is 27.3 Å². The van der Waals surface area contributed by atoms with Gasteiger partial charge in [0.25, 0.3) is 0 Å². The minimum absolute atomic E-state index is 0.0613. The van der Waals surface area contributed by atoms with Crippen molar-refractivity contribution in [2.45, 2.75) is 20.3 Å². The summed E-state index contributed by atoms with van der Waals surface area (Å²) in [5.74, 6) is 0.245. The molecule has 1 rings (SSSR count). The average molecular weight is 281 g/mol. The molecule has 0 saturated carbocycles. The van der Waals surface area contributed by atoms with Crippen LogP contribution in [0, 0.1) is 17.2 Å². The van der Waals surface area contributed by atoms with Crippen molar-refractivity contribution < 1.29 is 4.79 Å². The first-order valence-corrected chi connectivity index (χ1v) is 5.81. The van der Waals surface area contributed by atoms with Crippen LogP contribution in [0.15, 0.2) is 22.7 Å². The molecule has 1 aromatic rings. The second-order valence-electron chi connectivity index (χ2n) is 3.95. The van der Waals surface area contributed by atoms with Gasteiger partial charge < -0.3 is 5.32 Å². The van der Waals surface area contributed by atoms with Gasteiger partial charge >= 0.3 is 0 Å². The monoisotopic (exact) mass is 280 g/mol. The van der Waals surface area contributed by atoms with Gasteiger partial charge in [-0.3, -0.25) is 4.79 Å². The predicted octanol–water partition coefficient (Wildman–Crippen LogP) is 3.31. The van der Waals surface area contributed by atoms with E-state index in [1.165, 1.54) is 0 Å². The Morgan fingerprint density at radius 3 is 2.81 bits per heavy atom. The number of carbonyl (C=O) groups is 1. The molecule has 0 saturated heterocycles. The number of nitriles is 1. The lowest BCUT2D eigenvalue weighted by atomic mass is 10.1. The van der Waals surface area contributed by atoms with E-state index in [9.17, 15) is 4.79 Å². The quantitative estimate of drug-likeness (QED) is 0.924. The SMILES string of the molecule is CC(C)CC(=O)Nc1ccc(Br)cc1C#N. The maximum absolute atomic E-state index is 11.5. The number of halogens is 1. The molecular weight excluding hydrogens is 268 g/mol. The number of rotatable bonds is 3. The van der Waals surface area contributed by atoms with Crippen molar-refractivity contribution in [1.29, 1.82) is 5.26 Å². The molecule has 4 heteroatoms. The van der Waals surface area contributed by atoms with Crippen LogP contribution >= 0.6 is 15.9 Å². The number of benzene rings is 1. The second kappa shape index (κ2) is 5.66. The van der Waals surface area contributed by atoms with Gasteiger partial charge in [0.2, 0.25) is 5.91 Å². The molecule has 0 radical (unpaired) electrons. The molecule has 0 aliphatic rings. The zero-order valence-corrected chi connectivity index (χ0v) is 10.8. The molecule has 0 atom stereocenters. The van der Waals surface area contributed by atoms with Gasteiger partial charge in [-0.2, -0.15) is 5.26 Å². The molecular formula is C12H13BrN2O. The number of hydrogen-bond acceptors (Lipinski definition) is 2. The molecule has 0 aliphatic heterocycles. The minimum Gasteiger partial charge on any atom is -0.325 e. The molecule has 3 nitrogen and oxygen atoms in total. The third-order valence-corrected chi connectivity index (χ3v) is 2.46. The van der Waals surface area contributed by atoms with Crippen molar-refractivity contribution in [3.63, 3.8) is 0 Å². The van der Waals surface area contributed by atoms with Crippen LogP contribution in [-0.4, -0.2) is 5.91 Å². The van der Waals surface area contributed by atoms with Crippen LogP contribution in [0.4, 0.5) is 5.69 Å². The van der Waals surface area contributed by atoms with E-state index in [-0.39, 0.29) is 5.91 Å². The van der Waals surface area contributed by atoms with E-state index >= 15 is 0 Å². The summed E-state index contributed by atoms with van der Waals surface area (Å²) in [5, 5.41) is 11.7. The van der Waals surface area contributed by atoms with Crippen LogP contribution in [0.25, 0.3) is 0 Å². The molecule has 0 heterocycles. The maximum atomic E-state index is 11.5. The molecule has 0 spiro atoms. The fraction of sp³-hybridized carbons (Fsp3) is 0.333. The first kappa shape index (κ1) is 12.7. The summed E-state index contributed by atoms with van der Waals surface area (Å²) in [7, 11) is 0. The first-order valence-electron chi connectivity index (χ1n) is 5.02. The van der Waals surface area contributed by atoms with Crippen molar-refractivity contribution >= 4 is 27.5 Å². The van der Waals surface area contributed by atoms with Crippen molar-refractivity contribution in [2.24, 2.45) is 5.92 Å². The molecule has 0 bridgehead atoms. The number of anilines is 1. The zero-order valence-electron chi connectivity index (χ0n) is 9.25. The maximum Gasteiger partial charge on any atom is 0.224 e. The second-order valence-corrected chi connectivity index (χ2v) is 4.86. The third kappa shape index (κ3) is 3.67. The van der Waals surface area contributed by atoms with Crippen molar-refractivity contribution in [1.82, 2.24) is 0 Å². The normalized spacial score (nSPS) is 9.94. The highest BCUT2D eigenvalue weighted by atomic mass is 79.9. The Balaban J connectivity index is 2.82. The van der Waals surface area contributed by atoms with E-state index in [0.717, 1.165) is 4.47 Å². The van der Waals surface area contributed by atoms with Crippen LogP contribution < -0.4 is 5.32 Å². The summed E-state index contributed by atoms with van der Waals surface area (Å²) >= 11 is 3.28. The van der Waals surface area contributed by atoms with E-state index in [1.807, 2.05) is 13.8 Å². The molecule has 1 aromatic carbocycles. The number of amides is 1. The average Bonchev–Trinajstić information content (AvgIpc) is 2.19. The van der Waals surface area contributed by atoms with Gasteiger partial charge in [-0.05, 0) is 24.1 Å². The first-order chi connectivity index (χ1) is 7.52. The van der Waals surface area contributed by atoms with Crippen LogP contribution in [-0.2, 0) is 4.79 Å². The van der Waals surface area contributed by atoms with E-state index < -0.39 is 0 Å². The van der Waals surface area contributed by atoms with Crippen LogP contribution in [0.1, 0.15) is 25.8 Å². The number of carbonyl (C=O) groups excluding carboxylic acids is 1. The van der Waals surface area contributed by atoms with Gasteiger partial charge in [0.1, 0.15) is 6.07 Å². The van der Waals surface area contributed by atoms with Crippen molar-refractivity contribution in [2.75, 3.05) is 5.32 Å². The molecule has 1 N–H and O–H groups in total. The van der Waals surface area contributed by atoms with Gasteiger partial charge in [-0.1, -0.05) is 29.8 Å². The predicted molar refractivity (Wildman–Crippen MR) is 66.9 cm³/mol.